The first kappa shape index (κ1) is 22.2. The highest BCUT2D eigenvalue weighted by Gasteiger charge is 2.37. The highest BCUT2D eigenvalue weighted by atomic mass is 35.5. The summed E-state index contributed by atoms with van der Waals surface area (Å²) in [5.41, 5.74) is 7.44. The number of nitrogens with two attached hydrogens (primary N) is 1. The number of nitrogen functional groups attached to an aromatic ring is 1. The van der Waals surface area contributed by atoms with E-state index in [-0.39, 0.29) is 23.2 Å². The van der Waals surface area contributed by atoms with E-state index in [1.807, 2.05) is 24.3 Å². The molecule has 0 radical (unpaired) electrons. The largest absolute Gasteiger partial charge is 0.399 e. The van der Waals surface area contributed by atoms with Crippen LogP contribution in [0.2, 0.25) is 0 Å². The van der Waals surface area contributed by atoms with Gasteiger partial charge in [0.15, 0.2) is 0 Å². The first-order valence-electron chi connectivity index (χ1n) is 9.17. The van der Waals surface area contributed by atoms with Gasteiger partial charge >= 0.3 is 0 Å². The smallest absolute Gasteiger partial charge is 0.243 e. The van der Waals surface area contributed by atoms with Crippen LogP contribution in [0, 0.1) is 0 Å². The Morgan fingerprint density at radius 1 is 1.07 bits per heavy atom. The lowest BCUT2D eigenvalue weighted by Gasteiger charge is -2.33. The Bertz CT molecular complexity index is 873. The maximum absolute atomic E-state index is 13.0. The Morgan fingerprint density at radius 2 is 1.75 bits per heavy atom. The van der Waals surface area contributed by atoms with Crippen molar-refractivity contribution in [3.05, 3.63) is 60.2 Å². The fourth-order valence-corrected chi connectivity index (χ4v) is 4.99. The predicted octanol–water partition coefficient (Wildman–Crippen LogP) is 2.59. The zero-order chi connectivity index (χ0) is 19.3. The molecule has 28 heavy (non-hydrogen) atoms. The summed E-state index contributed by atoms with van der Waals surface area (Å²) in [7, 11) is -3.68. The Balaban J connectivity index is 0.00000280. The lowest BCUT2D eigenvalue weighted by atomic mass is 10.0. The zero-order valence-electron chi connectivity index (χ0n) is 15.6. The molecule has 1 atom stereocenters. The molecular weight excluding hydrogens is 398 g/mol. The SMILES string of the molecule is Cl.Nc1ccc(CCNC(=O)C2CCCCN2S(=O)(=O)c2ccccc2)cc1. The number of carbonyl (C=O) groups excluding carboxylic acids is 1. The summed E-state index contributed by atoms with van der Waals surface area (Å²) < 4.78 is 27.3. The molecule has 1 unspecified atom stereocenters. The van der Waals surface area contributed by atoms with E-state index in [0.29, 0.717) is 31.6 Å². The van der Waals surface area contributed by atoms with Crippen molar-refractivity contribution in [2.75, 3.05) is 18.8 Å². The summed E-state index contributed by atoms with van der Waals surface area (Å²) in [4.78, 5) is 12.9. The minimum absolute atomic E-state index is 0. The van der Waals surface area contributed by atoms with E-state index in [4.69, 9.17) is 5.73 Å². The molecule has 0 saturated carbocycles. The monoisotopic (exact) mass is 423 g/mol. The highest BCUT2D eigenvalue weighted by Crippen LogP contribution is 2.25. The lowest BCUT2D eigenvalue weighted by molar-refractivity contribution is -0.125. The van der Waals surface area contributed by atoms with Gasteiger partial charge in [-0.15, -0.1) is 12.4 Å². The van der Waals surface area contributed by atoms with Crippen LogP contribution in [0.1, 0.15) is 24.8 Å². The van der Waals surface area contributed by atoms with E-state index in [1.165, 1.54) is 4.31 Å². The topological polar surface area (TPSA) is 92.5 Å². The molecule has 1 saturated heterocycles. The summed E-state index contributed by atoms with van der Waals surface area (Å²) in [6.45, 7) is 0.825. The van der Waals surface area contributed by atoms with Crippen LogP contribution in [0.5, 0.6) is 0 Å². The van der Waals surface area contributed by atoms with Gasteiger partial charge in [-0.25, -0.2) is 8.42 Å². The molecule has 3 N–H and O–H groups in total. The molecule has 0 aliphatic carbocycles. The van der Waals surface area contributed by atoms with Crippen molar-refractivity contribution >= 4 is 34.0 Å². The third-order valence-electron chi connectivity index (χ3n) is 4.80. The molecule has 0 bridgehead atoms. The maximum atomic E-state index is 13.0. The highest BCUT2D eigenvalue weighted by molar-refractivity contribution is 7.89. The number of halogens is 1. The van der Waals surface area contributed by atoms with Gasteiger partial charge in [0.2, 0.25) is 15.9 Å². The van der Waals surface area contributed by atoms with Crippen molar-refractivity contribution in [2.24, 2.45) is 0 Å². The fourth-order valence-electron chi connectivity index (χ4n) is 3.31. The van der Waals surface area contributed by atoms with Gasteiger partial charge in [0.05, 0.1) is 4.90 Å². The van der Waals surface area contributed by atoms with Gasteiger partial charge in [0.1, 0.15) is 6.04 Å². The number of carbonyl (C=O) groups is 1. The summed E-state index contributed by atoms with van der Waals surface area (Å²) in [6.07, 6.45) is 2.82. The Kier molecular flexibility index (Phi) is 7.86. The third-order valence-corrected chi connectivity index (χ3v) is 6.72. The van der Waals surface area contributed by atoms with Crippen LogP contribution in [0.25, 0.3) is 0 Å². The summed E-state index contributed by atoms with van der Waals surface area (Å²) in [5, 5.41) is 2.89. The van der Waals surface area contributed by atoms with Crippen molar-refractivity contribution < 1.29 is 13.2 Å². The normalized spacial score (nSPS) is 17.5. The van der Waals surface area contributed by atoms with E-state index in [1.54, 1.807) is 30.3 Å². The molecule has 1 amide bonds. The van der Waals surface area contributed by atoms with Crippen molar-refractivity contribution in [2.45, 2.75) is 36.6 Å². The number of amides is 1. The predicted molar refractivity (Wildman–Crippen MR) is 113 cm³/mol. The van der Waals surface area contributed by atoms with Crippen LogP contribution in [-0.2, 0) is 21.2 Å². The van der Waals surface area contributed by atoms with Crippen molar-refractivity contribution in [3.63, 3.8) is 0 Å². The van der Waals surface area contributed by atoms with Gasteiger partial charge in [0.25, 0.3) is 0 Å². The van der Waals surface area contributed by atoms with Crippen LogP contribution in [0.3, 0.4) is 0 Å². The number of benzene rings is 2. The van der Waals surface area contributed by atoms with Crippen molar-refractivity contribution in [1.29, 1.82) is 0 Å². The molecule has 3 rings (SSSR count). The van der Waals surface area contributed by atoms with Gasteiger partial charge < -0.3 is 11.1 Å². The van der Waals surface area contributed by atoms with E-state index in [9.17, 15) is 13.2 Å². The molecule has 2 aromatic rings. The quantitative estimate of drug-likeness (QED) is 0.698. The van der Waals surface area contributed by atoms with Crippen molar-refractivity contribution in [1.82, 2.24) is 9.62 Å². The maximum Gasteiger partial charge on any atom is 0.243 e. The molecule has 1 aliphatic rings. The Labute approximate surface area is 172 Å². The Hall–Kier alpha value is -2.09. The standard InChI is InChI=1S/C20H25N3O3S.ClH/c21-17-11-9-16(10-12-17)13-14-22-20(24)19-8-4-5-15-23(19)27(25,26)18-6-2-1-3-7-18;/h1-3,6-7,9-12,19H,4-5,8,13-15,21H2,(H,22,24);1H. The van der Waals surface area contributed by atoms with E-state index in [0.717, 1.165) is 18.4 Å². The van der Waals surface area contributed by atoms with Crippen LogP contribution in [0.15, 0.2) is 59.5 Å². The first-order chi connectivity index (χ1) is 13.0. The molecule has 1 heterocycles. The number of anilines is 1. The number of nitrogens with one attached hydrogen (secondary N) is 1. The zero-order valence-corrected chi connectivity index (χ0v) is 17.2. The summed E-state index contributed by atoms with van der Waals surface area (Å²) >= 11 is 0. The molecule has 8 heteroatoms. The third kappa shape index (κ3) is 5.25. The minimum atomic E-state index is -3.68. The molecule has 152 valence electrons. The van der Waals surface area contributed by atoms with Gasteiger partial charge in [0, 0.05) is 18.8 Å². The molecule has 2 aromatic carbocycles. The number of rotatable bonds is 6. The summed E-state index contributed by atoms with van der Waals surface area (Å²) in [5.74, 6) is -0.232. The van der Waals surface area contributed by atoms with Crippen LogP contribution in [-0.4, -0.2) is 37.8 Å². The number of hydrogen-bond donors (Lipinski definition) is 2. The molecule has 1 fully saturated rings. The second-order valence-electron chi connectivity index (χ2n) is 6.72. The van der Waals surface area contributed by atoms with Crippen LogP contribution >= 0.6 is 12.4 Å². The average Bonchev–Trinajstić information content (AvgIpc) is 2.70. The Morgan fingerprint density at radius 3 is 2.43 bits per heavy atom. The summed E-state index contributed by atoms with van der Waals surface area (Å²) in [6, 6.07) is 15.1. The molecule has 1 aliphatic heterocycles. The van der Waals surface area contributed by atoms with Crippen LogP contribution in [0.4, 0.5) is 5.69 Å². The van der Waals surface area contributed by atoms with E-state index in [2.05, 4.69) is 5.32 Å². The van der Waals surface area contributed by atoms with E-state index >= 15 is 0 Å². The van der Waals surface area contributed by atoms with Gasteiger partial charge in [-0.05, 0) is 49.1 Å². The fraction of sp³-hybridized carbons (Fsp3) is 0.350. The average molecular weight is 424 g/mol. The number of piperidine rings is 1. The van der Waals surface area contributed by atoms with Crippen LogP contribution < -0.4 is 11.1 Å². The molecule has 6 nitrogen and oxygen atoms in total. The second-order valence-corrected chi connectivity index (χ2v) is 8.61. The van der Waals surface area contributed by atoms with E-state index < -0.39 is 16.1 Å². The number of hydrogen-bond acceptors (Lipinski definition) is 4. The van der Waals surface area contributed by atoms with Crippen molar-refractivity contribution in [3.8, 4) is 0 Å². The second kappa shape index (κ2) is 9.91. The first-order valence-corrected chi connectivity index (χ1v) is 10.6. The number of sulfonamides is 1. The minimum Gasteiger partial charge on any atom is -0.399 e. The van der Waals surface area contributed by atoms with Gasteiger partial charge in [-0.1, -0.05) is 36.8 Å². The number of nitrogens with zero attached hydrogens (tertiary/aromatic N) is 1. The van der Waals surface area contributed by atoms with Gasteiger partial charge in [-0.3, -0.25) is 4.79 Å². The lowest BCUT2D eigenvalue weighted by Crippen LogP contribution is -2.52. The molecule has 0 spiro atoms. The molecular formula is C20H26ClN3O3S. The molecule has 0 aromatic heterocycles. The van der Waals surface area contributed by atoms with Gasteiger partial charge in [-0.2, -0.15) is 4.31 Å².